The van der Waals surface area contributed by atoms with Crippen LogP contribution in [-0.2, 0) is 9.53 Å². The van der Waals surface area contributed by atoms with Gasteiger partial charge < -0.3 is 10.1 Å². The summed E-state index contributed by atoms with van der Waals surface area (Å²) < 4.78 is 5.36. The van der Waals surface area contributed by atoms with Gasteiger partial charge in [0.25, 0.3) is 0 Å². The van der Waals surface area contributed by atoms with Crippen LogP contribution in [0, 0.1) is 5.92 Å². The van der Waals surface area contributed by atoms with Crippen LogP contribution in [0.25, 0.3) is 0 Å². The summed E-state index contributed by atoms with van der Waals surface area (Å²) in [4.78, 5) is 11.3. The van der Waals surface area contributed by atoms with Gasteiger partial charge in [-0.2, -0.15) is 0 Å². The second kappa shape index (κ2) is 8.05. The number of carbonyl (C=O) groups is 1. The number of nitrogens with one attached hydrogen (secondary N) is 1. The van der Waals surface area contributed by atoms with Gasteiger partial charge in [0.15, 0.2) is 0 Å². The first kappa shape index (κ1) is 12.4. The number of ether oxygens (including phenoxy) is 1. The zero-order valence-corrected chi connectivity index (χ0v) is 8.93. The fourth-order valence-electron chi connectivity index (χ4n) is 1.21. The van der Waals surface area contributed by atoms with Gasteiger partial charge in [-0.05, 0) is 12.8 Å². The summed E-state index contributed by atoms with van der Waals surface area (Å²) in [6.45, 7) is 5.45. The molecule has 1 N–H and O–H groups in total. The van der Waals surface area contributed by atoms with Crippen molar-refractivity contribution in [3.8, 4) is 0 Å². The second-order valence-electron chi connectivity index (χ2n) is 3.17. The standard InChI is InChI=1S/C10H21NO2/c1-4-6-9(10(12)11-3)8-13-7-5-2/h9H,4-8H2,1-3H3,(H,11,12). The summed E-state index contributed by atoms with van der Waals surface area (Å²) in [7, 11) is 1.67. The molecule has 1 amide bonds. The highest BCUT2D eigenvalue weighted by Crippen LogP contribution is 2.07. The minimum absolute atomic E-state index is 0.0292. The number of hydrogen-bond donors (Lipinski definition) is 1. The van der Waals surface area contributed by atoms with Crippen molar-refractivity contribution < 1.29 is 9.53 Å². The quantitative estimate of drug-likeness (QED) is 0.614. The van der Waals surface area contributed by atoms with Crippen molar-refractivity contribution in [1.82, 2.24) is 5.32 Å². The van der Waals surface area contributed by atoms with Crippen LogP contribution in [-0.4, -0.2) is 26.2 Å². The van der Waals surface area contributed by atoms with E-state index < -0.39 is 0 Å². The Morgan fingerprint density at radius 2 is 2.08 bits per heavy atom. The maximum atomic E-state index is 11.3. The van der Waals surface area contributed by atoms with Crippen LogP contribution < -0.4 is 5.32 Å². The number of rotatable bonds is 7. The van der Waals surface area contributed by atoms with Crippen molar-refractivity contribution in [2.24, 2.45) is 5.92 Å². The van der Waals surface area contributed by atoms with E-state index in [0.717, 1.165) is 25.9 Å². The van der Waals surface area contributed by atoms with Crippen LogP contribution in [0.2, 0.25) is 0 Å². The Kier molecular flexibility index (Phi) is 7.69. The lowest BCUT2D eigenvalue weighted by atomic mass is 10.0. The van der Waals surface area contributed by atoms with Gasteiger partial charge >= 0.3 is 0 Å². The topological polar surface area (TPSA) is 38.3 Å². The fraction of sp³-hybridized carbons (Fsp3) is 0.900. The Hall–Kier alpha value is -0.570. The van der Waals surface area contributed by atoms with E-state index in [1.54, 1.807) is 7.05 Å². The summed E-state index contributed by atoms with van der Waals surface area (Å²) in [6.07, 6.45) is 2.93. The van der Waals surface area contributed by atoms with Crippen LogP contribution in [0.5, 0.6) is 0 Å². The van der Waals surface area contributed by atoms with E-state index in [1.807, 2.05) is 0 Å². The van der Waals surface area contributed by atoms with E-state index in [-0.39, 0.29) is 11.8 Å². The molecule has 0 rings (SSSR count). The average Bonchev–Trinajstić information content (AvgIpc) is 2.16. The zero-order chi connectivity index (χ0) is 10.1. The maximum absolute atomic E-state index is 11.3. The smallest absolute Gasteiger partial charge is 0.225 e. The van der Waals surface area contributed by atoms with E-state index in [2.05, 4.69) is 19.2 Å². The summed E-state index contributed by atoms with van der Waals surface area (Å²) in [6, 6.07) is 0. The lowest BCUT2D eigenvalue weighted by Crippen LogP contribution is -2.30. The van der Waals surface area contributed by atoms with Gasteiger partial charge in [-0.15, -0.1) is 0 Å². The molecule has 0 aromatic heterocycles. The van der Waals surface area contributed by atoms with Crippen molar-refractivity contribution in [1.29, 1.82) is 0 Å². The molecule has 0 aromatic rings. The number of hydrogen-bond acceptors (Lipinski definition) is 2. The van der Waals surface area contributed by atoms with E-state index in [0.29, 0.717) is 6.61 Å². The molecule has 0 saturated carbocycles. The lowest BCUT2D eigenvalue weighted by Gasteiger charge is -2.14. The summed E-state index contributed by atoms with van der Waals surface area (Å²) in [5.41, 5.74) is 0. The molecular formula is C10H21NO2. The molecule has 0 aliphatic rings. The first-order chi connectivity index (χ1) is 6.26. The molecule has 0 spiro atoms. The van der Waals surface area contributed by atoms with Crippen LogP contribution in [0.15, 0.2) is 0 Å². The lowest BCUT2D eigenvalue weighted by molar-refractivity contribution is -0.126. The van der Waals surface area contributed by atoms with Gasteiger partial charge in [-0.3, -0.25) is 4.79 Å². The van der Waals surface area contributed by atoms with Gasteiger partial charge in [-0.25, -0.2) is 0 Å². The fourth-order valence-corrected chi connectivity index (χ4v) is 1.21. The van der Waals surface area contributed by atoms with Crippen LogP contribution in [0.3, 0.4) is 0 Å². The van der Waals surface area contributed by atoms with Gasteiger partial charge in [0.05, 0.1) is 12.5 Å². The monoisotopic (exact) mass is 187 g/mol. The van der Waals surface area contributed by atoms with Gasteiger partial charge in [0.1, 0.15) is 0 Å². The van der Waals surface area contributed by atoms with Crippen molar-refractivity contribution >= 4 is 5.91 Å². The minimum atomic E-state index is 0.0292. The van der Waals surface area contributed by atoms with Gasteiger partial charge in [-0.1, -0.05) is 20.3 Å². The third-order valence-electron chi connectivity index (χ3n) is 1.92. The largest absolute Gasteiger partial charge is 0.381 e. The predicted molar refractivity (Wildman–Crippen MR) is 53.6 cm³/mol. The molecule has 3 heteroatoms. The molecular weight excluding hydrogens is 166 g/mol. The first-order valence-corrected chi connectivity index (χ1v) is 5.05. The minimum Gasteiger partial charge on any atom is -0.381 e. The normalized spacial score (nSPS) is 12.5. The number of carbonyl (C=O) groups excluding carboxylic acids is 1. The highest BCUT2D eigenvalue weighted by molar-refractivity contribution is 5.78. The molecule has 13 heavy (non-hydrogen) atoms. The molecule has 0 aliphatic carbocycles. The maximum Gasteiger partial charge on any atom is 0.225 e. The molecule has 78 valence electrons. The molecule has 1 atom stereocenters. The molecule has 3 nitrogen and oxygen atoms in total. The summed E-state index contributed by atoms with van der Waals surface area (Å²) in [5, 5.41) is 2.66. The second-order valence-corrected chi connectivity index (χ2v) is 3.17. The molecule has 0 aliphatic heterocycles. The summed E-state index contributed by atoms with van der Waals surface area (Å²) in [5.74, 6) is 0.125. The molecule has 0 aromatic carbocycles. The third kappa shape index (κ3) is 5.64. The van der Waals surface area contributed by atoms with Crippen LogP contribution in [0.1, 0.15) is 33.1 Å². The Bertz CT molecular complexity index is 137. The van der Waals surface area contributed by atoms with Crippen LogP contribution >= 0.6 is 0 Å². The molecule has 0 fully saturated rings. The van der Waals surface area contributed by atoms with E-state index >= 15 is 0 Å². The number of amides is 1. The molecule has 0 bridgehead atoms. The van der Waals surface area contributed by atoms with Crippen molar-refractivity contribution in [2.75, 3.05) is 20.3 Å². The Balaban J connectivity index is 3.73. The molecule has 0 heterocycles. The molecule has 1 unspecified atom stereocenters. The predicted octanol–water partition coefficient (Wildman–Crippen LogP) is 1.58. The Labute approximate surface area is 80.8 Å². The first-order valence-electron chi connectivity index (χ1n) is 5.05. The zero-order valence-electron chi connectivity index (χ0n) is 8.93. The highest BCUT2D eigenvalue weighted by Gasteiger charge is 2.15. The van der Waals surface area contributed by atoms with E-state index in [9.17, 15) is 4.79 Å². The Morgan fingerprint density at radius 1 is 1.38 bits per heavy atom. The van der Waals surface area contributed by atoms with Gasteiger partial charge in [0, 0.05) is 13.7 Å². The summed E-state index contributed by atoms with van der Waals surface area (Å²) >= 11 is 0. The third-order valence-corrected chi connectivity index (χ3v) is 1.92. The average molecular weight is 187 g/mol. The van der Waals surface area contributed by atoms with Crippen molar-refractivity contribution in [3.63, 3.8) is 0 Å². The van der Waals surface area contributed by atoms with E-state index in [1.165, 1.54) is 0 Å². The van der Waals surface area contributed by atoms with E-state index in [4.69, 9.17) is 4.74 Å². The molecule has 0 saturated heterocycles. The van der Waals surface area contributed by atoms with Crippen molar-refractivity contribution in [3.05, 3.63) is 0 Å². The van der Waals surface area contributed by atoms with Crippen molar-refractivity contribution in [2.45, 2.75) is 33.1 Å². The Morgan fingerprint density at radius 3 is 2.54 bits per heavy atom. The SMILES string of the molecule is CCCOCC(CCC)C(=O)NC. The highest BCUT2D eigenvalue weighted by atomic mass is 16.5. The van der Waals surface area contributed by atoms with Crippen LogP contribution in [0.4, 0.5) is 0 Å². The van der Waals surface area contributed by atoms with Gasteiger partial charge in [0.2, 0.25) is 5.91 Å². The molecule has 0 radical (unpaired) electrons.